The summed E-state index contributed by atoms with van der Waals surface area (Å²) in [6, 6.07) is 9.84. The molecule has 0 bridgehead atoms. The number of carbonyl (C=O) groups excluding carboxylic acids is 1. The lowest BCUT2D eigenvalue weighted by Crippen LogP contribution is -2.38. The summed E-state index contributed by atoms with van der Waals surface area (Å²) < 4.78 is 1.05. The number of carbonyl (C=O) groups is 1. The third-order valence-corrected chi connectivity index (χ3v) is 4.26. The number of benzene rings is 1. The number of nitrogens with two attached hydrogens (primary N) is 1. The summed E-state index contributed by atoms with van der Waals surface area (Å²) in [4.78, 5) is 19.9. The molecule has 1 fully saturated rings. The number of nitrogens with zero attached hydrogens (tertiary/aromatic N) is 3. The van der Waals surface area contributed by atoms with Gasteiger partial charge in [0.2, 0.25) is 0 Å². The Bertz CT molecular complexity index is 676. The Morgan fingerprint density at radius 1 is 1.14 bits per heavy atom. The fraction of sp³-hybridized carbons (Fsp3) is 0.333. The van der Waals surface area contributed by atoms with Gasteiger partial charge < -0.3 is 15.5 Å². The highest BCUT2D eigenvalue weighted by Crippen LogP contribution is 2.22. The van der Waals surface area contributed by atoms with Gasteiger partial charge in [-0.15, -0.1) is 0 Å². The van der Waals surface area contributed by atoms with Crippen LogP contribution in [-0.2, 0) is 0 Å². The minimum absolute atomic E-state index is 0.340. The van der Waals surface area contributed by atoms with Crippen molar-refractivity contribution in [3.8, 4) is 0 Å². The quantitative estimate of drug-likeness (QED) is 0.861. The molecule has 1 aliphatic heterocycles. The molecule has 3 rings (SSSR count). The number of hydrogen-bond acceptors (Lipinski definition) is 3. The summed E-state index contributed by atoms with van der Waals surface area (Å²) >= 11 is 3.47. The van der Waals surface area contributed by atoms with Crippen LogP contribution < -0.4 is 10.6 Å². The smallest absolute Gasteiger partial charge is 0.314 e. The Morgan fingerprint density at radius 2 is 2.00 bits per heavy atom. The zero-order chi connectivity index (χ0) is 14.8. The Labute approximate surface area is 131 Å². The minimum atomic E-state index is -0.340. The van der Waals surface area contributed by atoms with Gasteiger partial charge in [-0.1, -0.05) is 15.9 Å². The van der Waals surface area contributed by atoms with Crippen molar-refractivity contribution in [2.45, 2.75) is 6.42 Å². The summed E-state index contributed by atoms with van der Waals surface area (Å²) in [6.45, 7) is 3.01. The van der Waals surface area contributed by atoms with E-state index in [9.17, 15) is 4.79 Å². The molecule has 2 aromatic rings. The van der Waals surface area contributed by atoms with E-state index in [4.69, 9.17) is 10.7 Å². The maximum absolute atomic E-state index is 11.3. The molecule has 1 saturated heterocycles. The van der Waals surface area contributed by atoms with Crippen molar-refractivity contribution in [3.05, 3.63) is 34.8 Å². The monoisotopic (exact) mass is 348 g/mol. The van der Waals surface area contributed by atoms with Gasteiger partial charge in [0.15, 0.2) is 0 Å². The largest absolute Gasteiger partial charge is 0.355 e. The predicted octanol–water partition coefficient (Wildman–Crippen LogP) is 2.59. The van der Waals surface area contributed by atoms with Crippen molar-refractivity contribution in [2.75, 3.05) is 31.1 Å². The van der Waals surface area contributed by atoms with Gasteiger partial charge in [0.05, 0.1) is 5.52 Å². The first-order chi connectivity index (χ1) is 10.1. The fourth-order valence-electron chi connectivity index (χ4n) is 2.63. The van der Waals surface area contributed by atoms with Crippen molar-refractivity contribution in [3.63, 3.8) is 0 Å². The molecule has 5 nitrogen and oxygen atoms in total. The first-order valence-electron chi connectivity index (χ1n) is 6.99. The van der Waals surface area contributed by atoms with Crippen molar-refractivity contribution in [1.29, 1.82) is 0 Å². The zero-order valence-electron chi connectivity index (χ0n) is 11.6. The summed E-state index contributed by atoms with van der Waals surface area (Å²) in [5.74, 6) is 0.955. The van der Waals surface area contributed by atoms with Crippen LogP contribution in [0.1, 0.15) is 6.42 Å². The third-order valence-electron chi connectivity index (χ3n) is 3.77. The normalized spacial score (nSPS) is 16.0. The number of anilines is 1. The standard InChI is InChI=1S/C15H17BrN4O/c16-12-3-4-13-11(10-12)2-5-14(18-13)19-6-1-7-20(9-8-19)15(17)21/h2-5,10H,1,6-9H2,(H2,17,21). The highest BCUT2D eigenvalue weighted by molar-refractivity contribution is 9.10. The molecule has 1 aromatic heterocycles. The average Bonchev–Trinajstić information content (AvgIpc) is 2.72. The molecule has 0 spiro atoms. The second-order valence-corrected chi connectivity index (χ2v) is 6.09. The van der Waals surface area contributed by atoms with Crippen LogP contribution in [0.5, 0.6) is 0 Å². The number of hydrogen-bond donors (Lipinski definition) is 1. The SMILES string of the molecule is NC(=O)N1CCCN(c2ccc3cc(Br)ccc3n2)CC1. The van der Waals surface area contributed by atoms with Gasteiger partial charge in [0, 0.05) is 36.0 Å². The molecule has 2 heterocycles. The van der Waals surface area contributed by atoms with Crippen LogP contribution in [0.15, 0.2) is 34.8 Å². The lowest BCUT2D eigenvalue weighted by atomic mass is 10.2. The van der Waals surface area contributed by atoms with Crippen LogP contribution in [0.4, 0.5) is 10.6 Å². The maximum Gasteiger partial charge on any atom is 0.314 e. The molecule has 0 unspecified atom stereocenters. The van der Waals surface area contributed by atoms with Gasteiger partial charge in [0.25, 0.3) is 0 Å². The van der Waals surface area contributed by atoms with E-state index in [1.54, 1.807) is 4.90 Å². The molecule has 6 heteroatoms. The number of amides is 2. The molecule has 2 N–H and O–H groups in total. The Kier molecular flexibility index (Phi) is 3.96. The van der Waals surface area contributed by atoms with Crippen LogP contribution in [0.25, 0.3) is 10.9 Å². The number of pyridine rings is 1. The first kappa shape index (κ1) is 14.1. The van der Waals surface area contributed by atoms with E-state index >= 15 is 0 Å². The van der Waals surface area contributed by atoms with Crippen molar-refractivity contribution in [2.24, 2.45) is 5.73 Å². The van der Waals surface area contributed by atoms with Gasteiger partial charge in [-0.05, 0) is 36.8 Å². The highest BCUT2D eigenvalue weighted by atomic mass is 79.9. The zero-order valence-corrected chi connectivity index (χ0v) is 13.2. The maximum atomic E-state index is 11.3. The molecular weight excluding hydrogens is 332 g/mol. The molecule has 1 aromatic carbocycles. The molecule has 110 valence electrons. The summed E-state index contributed by atoms with van der Waals surface area (Å²) in [5, 5.41) is 1.11. The lowest BCUT2D eigenvalue weighted by molar-refractivity contribution is 0.211. The van der Waals surface area contributed by atoms with Gasteiger partial charge in [0.1, 0.15) is 5.82 Å². The van der Waals surface area contributed by atoms with Crippen molar-refractivity contribution >= 4 is 38.7 Å². The molecule has 21 heavy (non-hydrogen) atoms. The van der Waals surface area contributed by atoms with E-state index in [0.29, 0.717) is 13.1 Å². The number of urea groups is 1. The Morgan fingerprint density at radius 3 is 2.81 bits per heavy atom. The first-order valence-corrected chi connectivity index (χ1v) is 7.78. The molecule has 2 amide bonds. The van der Waals surface area contributed by atoms with Crippen LogP contribution in [-0.4, -0.2) is 42.1 Å². The van der Waals surface area contributed by atoms with Crippen LogP contribution in [0.2, 0.25) is 0 Å². The lowest BCUT2D eigenvalue weighted by Gasteiger charge is -2.22. The van der Waals surface area contributed by atoms with Crippen LogP contribution >= 0.6 is 15.9 Å². The summed E-state index contributed by atoms with van der Waals surface area (Å²) in [6.07, 6.45) is 0.906. The van der Waals surface area contributed by atoms with E-state index in [-0.39, 0.29) is 6.03 Å². The number of primary amides is 1. The summed E-state index contributed by atoms with van der Waals surface area (Å²) in [5.41, 5.74) is 6.34. The third kappa shape index (κ3) is 3.10. The molecule has 0 aliphatic carbocycles. The van der Waals surface area contributed by atoms with Crippen molar-refractivity contribution < 1.29 is 4.79 Å². The van der Waals surface area contributed by atoms with Gasteiger partial charge in [-0.25, -0.2) is 9.78 Å². The minimum Gasteiger partial charge on any atom is -0.355 e. The van der Waals surface area contributed by atoms with Gasteiger partial charge in [-0.3, -0.25) is 0 Å². The molecule has 0 radical (unpaired) electrons. The fourth-order valence-corrected chi connectivity index (χ4v) is 3.01. The highest BCUT2D eigenvalue weighted by Gasteiger charge is 2.18. The molecular formula is C15H17BrN4O. The average molecular weight is 349 g/mol. The second-order valence-electron chi connectivity index (χ2n) is 5.17. The van der Waals surface area contributed by atoms with E-state index < -0.39 is 0 Å². The van der Waals surface area contributed by atoms with Crippen molar-refractivity contribution in [1.82, 2.24) is 9.88 Å². The van der Waals surface area contributed by atoms with E-state index in [1.165, 1.54) is 0 Å². The van der Waals surface area contributed by atoms with E-state index in [2.05, 4.69) is 33.0 Å². The van der Waals surface area contributed by atoms with E-state index in [1.807, 2.05) is 18.2 Å². The van der Waals surface area contributed by atoms with Crippen LogP contribution in [0.3, 0.4) is 0 Å². The number of aromatic nitrogens is 1. The molecule has 1 aliphatic rings. The summed E-state index contributed by atoms with van der Waals surface area (Å²) in [7, 11) is 0. The molecule has 0 atom stereocenters. The van der Waals surface area contributed by atoms with Gasteiger partial charge in [-0.2, -0.15) is 0 Å². The number of rotatable bonds is 1. The second kappa shape index (κ2) is 5.89. The number of halogens is 1. The molecule has 0 saturated carbocycles. The van der Waals surface area contributed by atoms with Gasteiger partial charge >= 0.3 is 6.03 Å². The van der Waals surface area contributed by atoms with Crippen LogP contribution in [0, 0.1) is 0 Å². The topological polar surface area (TPSA) is 62.5 Å². The van der Waals surface area contributed by atoms with E-state index in [0.717, 1.165) is 40.7 Å². The number of fused-ring (bicyclic) bond motifs is 1. The predicted molar refractivity (Wildman–Crippen MR) is 87.4 cm³/mol. The Balaban J connectivity index is 1.83. The Hall–Kier alpha value is -1.82.